The molecule has 2 rings (SSSR count). The second-order valence-corrected chi connectivity index (χ2v) is 6.82. The maximum atomic E-state index is 12.2. The number of amides is 1. The van der Waals surface area contributed by atoms with Gasteiger partial charge in [0, 0.05) is 25.0 Å². The summed E-state index contributed by atoms with van der Waals surface area (Å²) in [4.78, 5) is 26.2. The first-order valence-electron chi connectivity index (χ1n) is 8.59. The first-order valence-corrected chi connectivity index (χ1v) is 8.59. The van der Waals surface area contributed by atoms with E-state index in [-0.39, 0.29) is 30.0 Å². The average Bonchev–Trinajstić information content (AvgIpc) is 2.97. The Morgan fingerprint density at radius 1 is 1.29 bits per heavy atom. The third kappa shape index (κ3) is 4.81. The highest BCUT2D eigenvalue weighted by atomic mass is 16.5. The average molecular weight is 332 g/mol. The number of ether oxygens (including phenoxy) is 1. The third-order valence-corrected chi connectivity index (χ3v) is 4.60. The second kappa shape index (κ2) is 8.29. The van der Waals surface area contributed by atoms with Crippen molar-refractivity contribution in [2.24, 2.45) is 0 Å². The zero-order chi connectivity index (χ0) is 17.7. The second-order valence-electron chi connectivity index (χ2n) is 6.82. The first-order chi connectivity index (χ1) is 11.4. The maximum absolute atomic E-state index is 12.2. The molecule has 0 bridgehead atoms. The molecule has 1 saturated heterocycles. The minimum atomic E-state index is -0.266. The molecule has 1 N–H and O–H groups in total. The zero-order valence-corrected chi connectivity index (χ0v) is 15.0. The van der Waals surface area contributed by atoms with Gasteiger partial charge in [0.1, 0.15) is 6.04 Å². The molecule has 1 aromatic rings. The predicted molar refractivity (Wildman–Crippen MR) is 93.7 cm³/mol. The monoisotopic (exact) mass is 332 g/mol. The van der Waals surface area contributed by atoms with Crippen molar-refractivity contribution in [3.63, 3.8) is 0 Å². The van der Waals surface area contributed by atoms with Gasteiger partial charge in [-0.15, -0.1) is 0 Å². The van der Waals surface area contributed by atoms with Crippen LogP contribution in [0.2, 0.25) is 0 Å². The summed E-state index contributed by atoms with van der Waals surface area (Å²) in [6.45, 7) is 6.84. The first kappa shape index (κ1) is 18.5. The van der Waals surface area contributed by atoms with E-state index in [2.05, 4.69) is 55.3 Å². The van der Waals surface area contributed by atoms with Crippen LogP contribution in [0, 0.1) is 6.92 Å². The molecule has 5 heteroatoms. The van der Waals surface area contributed by atoms with E-state index in [9.17, 15) is 9.59 Å². The fourth-order valence-electron chi connectivity index (χ4n) is 3.22. The van der Waals surface area contributed by atoms with Crippen molar-refractivity contribution in [1.29, 1.82) is 0 Å². The van der Waals surface area contributed by atoms with Crippen LogP contribution in [0.25, 0.3) is 0 Å². The molecule has 24 heavy (non-hydrogen) atoms. The van der Waals surface area contributed by atoms with Crippen LogP contribution < -0.4 is 5.32 Å². The van der Waals surface area contributed by atoms with E-state index >= 15 is 0 Å². The highest BCUT2D eigenvalue weighted by molar-refractivity contribution is 5.78. The van der Waals surface area contributed by atoms with E-state index in [1.165, 1.54) is 18.2 Å². The summed E-state index contributed by atoms with van der Waals surface area (Å²) >= 11 is 0. The van der Waals surface area contributed by atoms with E-state index in [0.29, 0.717) is 19.4 Å². The number of methoxy groups -OCH3 is 1. The molecular formula is C19H28N2O3. The molecule has 1 aromatic carbocycles. The van der Waals surface area contributed by atoms with E-state index in [4.69, 9.17) is 4.74 Å². The van der Waals surface area contributed by atoms with Crippen molar-refractivity contribution >= 4 is 11.9 Å². The molecule has 1 heterocycles. The Kier molecular flexibility index (Phi) is 6.37. The lowest BCUT2D eigenvalue weighted by atomic mass is 10.1. The van der Waals surface area contributed by atoms with Crippen molar-refractivity contribution in [2.75, 3.05) is 13.7 Å². The summed E-state index contributed by atoms with van der Waals surface area (Å²) in [5.74, 6) is -0.185. The van der Waals surface area contributed by atoms with Gasteiger partial charge in [0.15, 0.2) is 0 Å². The SMILES string of the molecule is COC(=O)[C@@H]1C[C@H](NC(=O)CCc2ccc(C)cc2)CN1C(C)C. The molecule has 1 fully saturated rings. The lowest BCUT2D eigenvalue weighted by molar-refractivity contribution is -0.146. The normalized spacial score (nSPS) is 21.0. The molecule has 0 aliphatic carbocycles. The number of carbonyl (C=O) groups excluding carboxylic acids is 2. The van der Waals surface area contributed by atoms with Crippen LogP contribution in [-0.2, 0) is 20.7 Å². The van der Waals surface area contributed by atoms with E-state index in [1.807, 2.05) is 0 Å². The largest absolute Gasteiger partial charge is 0.468 e. The van der Waals surface area contributed by atoms with Crippen molar-refractivity contribution in [3.05, 3.63) is 35.4 Å². The minimum Gasteiger partial charge on any atom is -0.468 e. The molecule has 1 amide bonds. The van der Waals surface area contributed by atoms with Gasteiger partial charge in [0.2, 0.25) is 5.91 Å². The standard InChI is InChI=1S/C19H28N2O3/c1-13(2)21-12-16(11-17(21)19(23)24-4)20-18(22)10-9-15-7-5-14(3)6-8-15/h5-8,13,16-17H,9-12H2,1-4H3,(H,20,22)/t16-,17-/m0/s1. The topological polar surface area (TPSA) is 58.6 Å². The number of benzene rings is 1. The number of hydrogen-bond acceptors (Lipinski definition) is 4. The Bertz CT molecular complexity index is 568. The van der Waals surface area contributed by atoms with Crippen molar-refractivity contribution in [1.82, 2.24) is 10.2 Å². The van der Waals surface area contributed by atoms with Crippen LogP contribution in [-0.4, -0.2) is 48.6 Å². The van der Waals surface area contributed by atoms with Gasteiger partial charge in [0.25, 0.3) is 0 Å². The quantitative estimate of drug-likeness (QED) is 0.810. The summed E-state index contributed by atoms with van der Waals surface area (Å²) in [6.07, 6.45) is 1.80. The summed E-state index contributed by atoms with van der Waals surface area (Å²) in [5.41, 5.74) is 2.38. The molecular weight excluding hydrogens is 304 g/mol. The number of esters is 1. The van der Waals surface area contributed by atoms with Gasteiger partial charge >= 0.3 is 5.97 Å². The van der Waals surface area contributed by atoms with E-state index < -0.39 is 0 Å². The molecule has 2 atom stereocenters. The van der Waals surface area contributed by atoms with Crippen molar-refractivity contribution < 1.29 is 14.3 Å². The van der Waals surface area contributed by atoms with Crippen LogP contribution >= 0.6 is 0 Å². The Hall–Kier alpha value is -1.88. The number of nitrogens with zero attached hydrogens (tertiary/aromatic N) is 1. The fourth-order valence-corrected chi connectivity index (χ4v) is 3.22. The van der Waals surface area contributed by atoms with Crippen LogP contribution in [0.5, 0.6) is 0 Å². The highest BCUT2D eigenvalue weighted by Crippen LogP contribution is 2.22. The van der Waals surface area contributed by atoms with E-state index in [1.54, 1.807) is 0 Å². The van der Waals surface area contributed by atoms with Crippen LogP contribution in [0.15, 0.2) is 24.3 Å². The Morgan fingerprint density at radius 2 is 1.96 bits per heavy atom. The summed E-state index contributed by atoms with van der Waals surface area (Å²) in [6, 6.07) is 8.22. The summed E-state index contributed by atoms with van der Waals surface area (Å²) < 4.78 is 4.89. The van der Waals surface area contributed by atoms with Gasteiger partial charge in [-0.1, -0.05) is 29.8 Å². The summed E-state index contributed by atoms with van der Waals surface area (Å²) in [7, 11) is 1.41. The smallest absolute Gasteiger partial charge is 0.323 e. The number of aryl methyl sites for hydroxylation is 2. The molecule has 0 radical (unpaired) electrons. The number of carbonyl (C=O) groups is 2. The molecule has 0 aromatic heterocycles. The van der Waals surface area contributed by atoms with Gasteiger partial charge in [-0.3, -0.25) is 14.5 Å². The predicted octanol–water partition coefficient (Wildman–Crippen LogP) is 2.07. The molecule has 1 aliphatic rings. The van der Waals surface area contributed by atoms with Gasteiger partial charge in [0.05, 0.1) is 7.11 Å². The Morgan fingerprint density at radius 3 is 2.54 bits per heavy atom. The number of nitrogens with one attached hydrogen (secondary N) is 1. The number of hydrogen-bond donors (Lipinski definition) is 1. The molecule has 0 unspecified atom stereocenters. The molecule has 1 aliphatic heterocycles. The van der Waals surface area contributed by atoms with Gasteiger partial charge in [-0.25, -0.2) is 0 Å². The fraction of sp³-hybridized carbons (Fsp3) is 0.579. The van der Waals surface area contributed by atoms with Crippen LogP contribution in [0.1, 0.15) is 37.8 Å². The maximum Gasteiger partial charge on any atom is 0.323 e. The minimum absolute atomic E-state index is 0.00187. The highest BCUT2D eigenvalue weighted by Gasteiger charge is 2.39. The zero-order valence-electron chi connectivity index (χ0n) is 15.0. The van der Waals surface area contributed by atoms with Crippen molar-refractivity contribution in [2.45, 2.75) is 58.2 Å². The van der Waals surface area contributed by atoms with Gasteiger partial charge in [-0.05, 0) is 39.2 Å². The van der Waals surface area contributed by atoms with Gasteiger partial charge in [-0.2, -0.15) is 0 Å². The third-order valence-electron chi connectivity index (χ3n) is 4.60. The Balaban J connectivity index is 1.85. The van der Waals surface area contributed by atoms with Crippen LogP contribution in [0.4, 0.5) is 0 Å². The molecule has 132 valence electrons. The number of likely N-dealkylation sites (tertiary alicyclic amines) is 1. The van der Waals surface area contributed by atoms with Crippen LogP contribution in [0.3, 0.4) is 0 Å². The van der Waals surface area contributed by atoms with Crippen molar-refractivity contribution in [3.8, 4) is 0 Å². The number of rotatable bonds is 6. The Labute approximate surface area is 144 Å². The molecule has 0 spiro atoms. The van der Waals surface area contributed by atoms with Gasteiger partial charge < -0.3 is 10.1 Å². The molecule has 0 saturated carbocycles. The lowest BCUT2D eigenvalue weighted by Crippen LogP contribution is -2.42. The summed E-state index contributed by atoms with van der Waals surface area (Å²) in [5, 5.41) is 3.07. The lowest BCUT2D eigenvalue weighted by Gasteiger charge is -2.25. The molecule has 5 nitrogen and oxygen atoms in total. The van der Waals surface area contributed by atoms with E-state index in [0.717, 1.165) is 6.42 Å².